The molecule has 2 unspecified atom stereocenters. The lowest BCUT2D eigenvalue weighted by Crippen LogP contribution is -2.49. The predicted molar refractivity (Wildman–Crippen MR) is 133 cm³/mol. The second-order valence-corrected chi connectivity index (χ2v) is 9.27. The Bertz CT molecular complexity index is 801. The lowest BCUT2D eigenvalue weighted by Gasteiger charge is -2.32. The van der Waals surface area contributed by atoms with Gasteiger partial charge in [0.2, 0.25) is 11.8 Å². The van der Waals surface area contributed by atoms with Gasteiger partial charge in [0.1, 0.15) is 18.2 Å². The summed E-state index contributed by atoms with van der Waals surface area (Å²) in [6.45, 7) is 15.3. The van der Waals surface area contributed by atoms with Gasteiger partial charge >= 0.3 is 6.09 Å². The summed E-state index contributed by atoms with van der Waals surface area (Å²) in [5.41, 5.74) is 0.898. The highest BCUT2D eigenvalue weighted by Gasteiger charge is 2.32. The molecule has 33 heavy (non-hydrogen) atoms. The highest BCUT2D eigenvalue weighted by molar-refractivity contribution is 5.90. The molecule has 0 radical (unpaired) electrons. The average molecular weight is 460 g/mol. The van der Waals surface area contributed by atoms with Gasteiger partial charge in [-0.1, -0.05) is 57.5 Å². The molecule has 1 rings (SSSR count). The number of nitrogens with one attached hydrogen (secondary N) is 2. The third kappa shape index (κ3) is 10.1. The molecule has 0 spiro atoms. The fourth-order valence-electron chi connectivity index (χ4n) is 3.45. The van der Waals surface area contributed by atoms with Gasteiger partial charge in [-0.25, -0.2) is 4.79 Å². The smallest absolute Gasteiger partial charge is 0.408 e. The van der Waals surface area contributed by atoms with Gasteiger partial charge in [-0.3, -0.25) is 9.59 Å². The van der Waals surface area contributed by atoms with Crippen molar-refractivity contribution in [3.63, 3.8) is 0 Å². The normalized spacial score (nSPS) is 12.9. The first-order chi connectivity index (χ1) is 15.5. The summed E-state index contributed by atoms with van der Waals surface area (Å²) in [4.78, 5) is 40.3. The Kier molecular flexibility index (Phi) is 11.7. The zero-order valence-electron chi connectivity index (χ0n) is 21.1. The summed E-state index contributed by atoms with van der Waals surface area (Å²) < 4.78 is 5.24. The third-order valence-corrected chi connectivity index (χ3v) is 4.99. The molecule has 0 heterocycles. The van der Waals surface area contributed by atoms with E-state index in [0.717, 1.165) is 31.2 Å². The van der Waals surface area contributed by atoms with E-state index in [0.29, 0.717) is 12.1 Å². The van der Waals surface area contributed by atoms with Gasteiger partial charge in [0.25, 0.3) is 0 Å². The molecule has 7 heteroatoms. The van der Waals surface area contributed by atoms with Crippen molar-refractivity contribution in [2.45, 2.75) is 84.9 Å². The van der Waals surface area contributed by atoms with Crippen molar-refractivity contribution in [2.24, 2.45) is 0 Å². The summed E-state index contributed by atoms with van der Waals surface area (Å²) in [7, 11) is 0. The topological polar surface area (TPSA) is 87.7 Å². The van der Waals surface area contributed by atoms with E-state index in [4.69, 9.17) is 4.74 Å². The highest BCUT2D eigenvalue weighted by Crippen LogP contribution is 2.24. The second-order valence-electron chi connectivity index (χ2n) is 9.27. The van der Waals surface area contributed by atoms with Gasteiger partial charge < -0.3 is 20.3 Å². The molecule has 184 valence electrons. The van der Waals surface area contributed by atoms with Crippen LogP contribution in [0, 0.1) is 0 Å². The molecular formula is C26H41N3O4. The Hall–Kier alpha value is -2.83. The quantitative estimate of drug-likeness (QED) is 0.469. The number of hydrogen-bond acceptors (Lipinski definition) is 4. The number of rotatable bonds is 12. The molecule has 0 bridgehead atoms. The van der Waals surface area contributed by atoms with Crippen LogP contribution in [0.3, 0.4) is 0 Å². The SMILES string of the molecule is C=Cc1cccc(C(C(=O)NC(C)CCC)N(CCCC)C(=O)CNC(=O)OC(C)(C)C)c1. The zero-order valence-corrected chi connectivity index (χ0v) is 21.1. The molecule has 1 aromatic rings. The van der Waals surface area contributed by atoms with Crippen LogP contribution in [0.2, 0.25) is 0 Å². The summed E-state index contributed by atoms with van der Waals surface area (Å²) in [6.07, 6.45) is 4.41. The van der Waals surface area contributed by atoms with Crippen LogP contribution in [0.5, 0.6) is 0 Å². The van der Waals surface area contributed by atoms with Gasteiger partial charge in [0.15, 0.2) is 0 Å². The maximum absolute atomic E-state index is 13.4. The van der Waals surface area contributed by atoms with Gasteiger partial charge in [-0.2, -0.15) is 0 Å². The summed E-state index contributed by atoms with van der Waals surface area (Å²) >= 11 is 0. The zero-order chi connectivity index (χ0) is 25.0. The molecule has 0 fully saturated rings. The first-order valence-electron chi connectivity index (χ1n) is 11.8. The van der Waals surface area contributed by atoms with E-state index in [1.165, 1.54) is 0 Å². The minimum absolute atomic E-state index is 0.0180. The van der Waals surface area contributed by atoms with E-state index in [2.05, 4.69) is 24.1 Å². The molecule has 0 saturated carbocycles. The van der Waals surface area contributed by atoms with Crippen LogP contribution in [-0.4, -0.2) is 47.5 Å². The monoisotopic (exact) mass is 459 g/mol. The molecule has 0 aromatic heterocycles. The van der Waals surface area contributed by atoms with E-state index >= 15 is 0 Å². The van der Waals surface area contributed by atoms with Crippen LogP contribution >= 0.6 is 0 Å². The summed E-state index contributed by atoms with van der Waals surface area (Å²) in [5, 5.41) is 5.58. The number of ether oxygens (including phenoxy) is 1. The minimum Gasteiger partial charge on any atom is -0.444 e. The lowest BCUT2D eigenvalue weighted by molar-refractivity contribution is -0.140. The number of hydrogen-bond donors (Lipinski definition) is 2. The van der Waals surface area contributed by atoms with Gasteiger partial charge in [-0.05, 0) is 57.7 Å². The van der Waals surface area contributed by atoms with Crippen LogP contribution in [0.1, 0.15) is 84.4 Å². The third-order valence-electron chi connectivity index (χ3n) is 4.99. The van der Waals surface area contributed by atoms with Crippen LogP contribution in [0.15, 0.2) is 30.8 Å². The van der Waals surface area contributed by atoms with Crippen molar-refractivity contribution < 1.29 is 19.1 Å². The largest absolute Gasteiger partial charge is 0.444 e. The molecule has 3 amide bonds. The standard InChI is InChI=1S/C26H41N3O4/c1-8-11-16-29(22(30)18-27-25(32)33-26(5,6)7)23(24(31)28-19(4)13-9-2)21-15-12-14-20(10-3)17-21/h10,12,14-15,17,19,23H,3,8-9,11,13,16,18H2,1-2,4-7H3,(H,27,32)(H,28,31). The molecule has 0 saturated heterocycles. The number of benzene rings is 1. The van der Waals surface area contributed by atoms with Crippen LogP contribution in [0.4, 0.5) is 4.79 Å². The van der Waals surface area contributed by atoms with Gasteiger partial charge in [0.05, 0.1) is 0 Å². The number of alkyl carbamates (subject to hydrolysis) is 1. The molecule has 2 N–H and O–H groups in total. The fraction of sp³-hybridized carbons (Fsp3) is 0.577. The Morgan fingerprint density at radius 3 is 2.45 bits per heavy atom. The van der Waals surface area contributed by atoms with E-state index in [1.54, 1.807) is 31.7 Å². The van der Waals surface area contributed by atoms with Crippen molar-refractivity contribution in [3.8, 4) is 0 Å². The number of carbonyl (C=O) groups is 3. The molecule has 2 atom stereocenters. The molecule has 0 aliphatic rings. The minimum atomic E-state index is -0.816. The van der Waals surface area contributed by atoms with Crippen molar-refractivity contribution in [3.05, 3.63) is 42.0 Å². The van der Waals surface area contributed by atoms with E-state index in [-0.39, 0.29) is 24.4 Å². The Labute approximate surface area is 198 Å². The van der Waals surface area contributed by atoms with E-state index in [9.17, 15) is 14.4 Å². The molecular weight excluding hydrogens is 418 g/mol. The number of amides is 3. The number of carbonyl (C=O) groups excluding carboxylic acids is 3. The van der Waals surface area contributed by atoms with Crippen molar-refractivity contribution in [2.75, 3.05) is 13.1 Å². The molecule has 7 nitrogen and oxygen atoms in total. The maximum atomic E-state index is 13.4. The van der Waals surface area contributed by atoms with E-state index in [1.807, 2.05) is 38.1 Å². The summed E-state index contributed by atoms with van der Waals surface area (Å²) in [5.74, 6) is -0.583. The van der Waals surface area contributed by atoms with Crippen LogP contribution < -0.4 is 10.6 Å². The van der Waals surface area contributed by atoms with Crippen molar-refractivity contribution >= 4 is 24.0 Å². The molecule has 1 aromatic carbocycles. The lowest BCUT2D eigenvalue weighted by atomic mass is 10.00. The first kappa shape index (κ1) is 28.2. The van der Waals surface area contributed by atoms with Crippen molar-refractivity contribution in [1.29, 1.82) is 0 Å². The van der Waals surface area contributed by atoms with Gasteiger partial charge in [-0.15, -0.1) is 0 Å². The van der Waals surface area contributed by atoms with Crippen LogP contribution in [-0.2, 0) is 14.3 Å². The van der Waals surface area contributed by atoms with E-state index < -0.39 is 17.7 Å². The molecule has 0 aliphatic heterocycles. The Morgan fingerprint density at radius 2 is 1.88 bits per heavy atom. The molecule has 0 aliphatic carbocycles. The van der Waals surface area contributed by atoms with Crippen LogP contribution in [0.25, 0.3) is 6.08 Å². The maximum Gasteiger partial charge on any atom is 0.408 e. The predicted octanol–water partition coefficient (Wildman–Crippen LogP) is 4.83. The Balaban J connectivity index is 3.23. The van der Waals surface area contributed by atoms with Gasteiger partial charge in [0, 0.05) is 12.6 Å². The summed E-state index contributed by atoms with van der Waals surface area (Å²) in [6, 6.07) is 6.63. The number of nitrogens with zero attached hydrogens (tertiary/aromatic N) is 1. The number of unbranched alkanes of at least 4 members (excludes halogenated alkanes) is 1. The Morgan fingerprint density at radius 1 is 1.18 bits per heavy atom. The fourth-order valence-corrected chi connectivity index (χ4v) is 3.45. The average Bonchev–Trinajstić information content (AvgIpc) is 2.73. The van der Waals surface area contributed by atoms with Crippen molar-refractivity contribution in [1.82, 2.24) is 15.5 Å². The first-order valence-corrected chi connectivity index (χ1v) is 11.8. The highest BCUT2D eigenvalue weighted by atomic mass is 16.6. The second kappa shape index (κ2) is 13.7.